The van der Waals surface area contributed by atoms with Gasteiger partial charge in [-0.05, 0) is 17.4 Å². The van der Waals surface area contributed by atoms with Crippen LogP contribution in [0.5, 0.6) is 0 Å². The van der Waals surface area contributed by atoms with Crippen molar-refractivity contribution in [1.29, 1.82) is 0 Å². The maximum atomic E-state index is 12.4. The Bertz CT molecular complexity index is 445. The molecule has 1 unspecified atom stereocenters. The van der Waals surface area contributed by atoms with E-state index >= 15 is 0 Å². The van der Waals surface area contributed by atoms with Crippen molar-refractivity contribution in [2.45, 2.75) is 18.5 Å². The first-order chi connectivity index (χ1) is 8.24. The standard InChI is InChI=1S/C9H4F9P/c10-7(11,12)3-1-4(8(13,14)15)6(19)5(2-3)9(16,17)18/h1-2H,19H2. The molecule has 108 valence electrons. The zero-order valence-corrected chi connectivity index (χ0v) is 9.79. The highest BCUT2D eigenvalue weighted by Gasteiger charge is 2.43. The minimum atomic E-state index is -5.32. The van der Waals surface area contributed by atoms with Crippen LogP contribution in [0, 0.1) is 0 Å². The molecule has 0 N–H and O–H groups in total. The second-order valence-electron chi connectivity index (χ2n) is 3.48. The molecule has 0 spiro atoms. The van der Waals surface area contributed by atoms with Crippen LogP contribution < -0.4 is 5.30 Å². The molecule has 0 bridgehead atoms. The minimum Gasteiger partial charge on any atom is -0.166 e. The van der Waals surface area contributed by atoms with E-state index in [1.807, 2.05) is 0 Å². The summed E-state index contributed by atoms with van der Waals surface area (Å²) in [5, 5.41) is -1.37. The largest absolute Gasteiger partial charge is 0.417 e. The highest BCUT2D eigenvalue weighted by atomic mass is 31.0. The summed E-state index contributed by atoms with van der Waals surface area (Å²) in [6.07, 6.45) is -15.9. The second kappa shape index (κ2) is 4.54. The fraction of sp³-hybridized carbons (Fsp3) is 0.333. The van der Waals surface area contributed by atoms with Gasteiger partial charge in [0.25, 0.3) is 0 Å². The van der Waals surface area contributed by atoms with Crippen molar-refractivity contribution >= 4 is 14.5 Å². The van der Waals surface area contributed by atoms with Crippen molar-refractivity contribution in [3.8, 4) is 0 Å². The van der Waals surface area contributed by atoms with Gasteiger partial charge in [0, 0.05) is 0 Å². The minimum absolute atomic E-state index is 0.350. The summed E-state index contributed by atoms with van der Waals surface area (Å²) in [5.74, 6) is 0. The average Bonchev–Trinajstić information content (AvgIpc) is 2.11. The van der Waals surface area contributed by atoms with Crippen LogP contribution in [0.2, 0.25) is 0 Å². The number of alkyl halides is 9. The average molecular weight is 314 g/mol. The molecule has 10 heteroatoms. The Kier molecular flexibility index (Phi) is 3.84. The lowest BCUT2D eigenvalue weighted by molar-refractivity contribution is -0.147. The Hall–Kier alpha value is -0.980. The Labute approximate surface area is 102 Å². The van der Waals surface area contributed by atoms with E-state index in [0.717, 1.165) is 0 Å². The van der Waals surface area contributed by atoms with Gasteiger partial charge < -0.3 is 0 Å². The maximum absolute atomic E-state index is 12.4. The van der Waals surface area contributed by atoms with E-state index in [4.69, 9.17) is 0 Å². The molecule has 0 fully saturated rings. The maximum Gasteiger partial charge on any atom is 0.417 e. The lowest BCUT2D eigenvalue weighted by Gasteiger charge is -2.19. The molecule has 1 aromatic rings. The van der Waals surface area contributed by atoms with E-state index in [0.29, 0.717) is 0 Å². The third-order valence-corrected chi connectivity index (χ3v) is 2.74. The molecule has 0 saturated heterocycles. The molecule has 1 rings (SSSR count). The van der Waals surface area contributed by atoms with E-state index in [9.17, 15) is 39.5 Å². The lowest BCUT2D eigenvalue weighted by atomic mass is 10.0. The number of halogens is 9. The number of benzene rings is 1. The summed E-state index contributed by atoms with van der Waals surface area (Å²) in [6, 6.07) is -0.699. The van der Waals surface area contributed by atoms with E-state index in [1.54, 1.807) is 0 Å². The molecular weight excluding hydrogens is 310 g/mol. The third kappa shape index (κ3) is 3.52. The van der Waals surface area contributed by atoms with Gasteiger partial charge in [-0.1, -0.05) is 0 Å². The predicted molar refractivity (Wildman–Crippen MR) is 50.8 cm³/mol. The SMILES string of the molecule is FC(F)(F)c1cc(C(F)(F)F)c(P)c(C(F)(F)F)c1. The first kappa shape index (κ1) is 16.1. The fourth-order valence-corrected chi connectivity index (χ4v) is 1.78. The first-order valence-electron chi connectivity index (χ1n) is 4.39. The summed E-state index contributed by atoms with van der Waals surface area (Å²) in [4.78, 5) is 0. The fourth-order valence-electron chi connectivity index (χ4n) is 1.29. The van der Waals surface area contributed by atoms with E-state index < -0.39 is 40.5 Å². The smallest absolute Gasteiger partial charge is 0.166 e. The van der Waals surface area contributed by atoms with Gasteiger partial charge in [-0.3, -0.25) is 0 Å². The number of rotatable bonds is 0. The third-order valence-electron chi connectivity index (χ3n) is 2.12. The van der Waals surface area contributed by atoms with Gasteiger partial charge in [-0.15, -0.1) is 9.24 Å². The van der Waals surface area contributed by atoms with Crippen molar-refractivity contribution in [1.82, 2.24) is 0 Å². The van der Waals surface area contributed by atoms with Crippen LogP contribution in [-0.2, 0) is 18.5 Å². The van der Waals surface area contributed by atoms with Crippen molar-refractivity contribution in [3.63, 3.8) is 0 Å². The van der Waals surface area contributed by atoms with E-state index in [2.05, 4.69) is 0 Å². The van der Waals surface area contributed by atoms with Crippen LogP contribution in [0.4, 0.5) is 39.5 Å². The summed E-state index contributed by atoms with van der Waals surface area (Å²) in [7, 11) is 1.18. The first-order valence-corrected chi connectivity index (χ1v) is 4.97. The van der Waals surface area contributed by atoms with Crippen LogP contribution in [0.1, 0.15) is 16.7 Å². The van der Waals surface area contributed by atoms with Gasteiger partial charge in [-0.2, -0.15) is 39.5 Å². The molecule has 1 aromatic carbocycles. The molecule has 0 heterocycles. The van der Waals surface area contributed by atoms with E-state index in [-0.39, 0.29) is 12.1 Å². The molecular formula is C9H4F9P. The van der Waals surface area contributed by atoms with Crippen molar-refractivity contribution in [3.05, 3.63) is 28.8 Å². The lowest BCUT2D eigenvalue weighted by Crippen LogP contribution is -2.25. The molecule has 1 atom stereocenters. The van der Waals surface area contributed by atoms with Gasteiger partial charge in [0.05, 0.1) is 16.7 Å². The molecule has 0 amide bonds. The monoisotopic (exact) mass is 314 g/mol. The summed E-state index contributed by atoms with van der Waals surface area (Å²) in [6.45, 7) is 0. The Morgan fingerprint density at radius 1 is 0.632 bits per heavy atom. The van der Waals surface area contributed by atoms with E-state index in [1.165, 1.54) is 9.24 Å². The normalized spacial score (nSPS) is 13.8. The highest BCUT2D eigenvalue weighted by Crippen LogP contribution is 2.40. The molecule has 0 nitrogen and oxygen atoms in total. The summed E-state index contributed by atoms with van der Waals surface area (Å²) >= 11 is 0. The molecule has 0 aliphatic rings. The van der Waals surface area contributed by atoms with Crippen LogP contribution in [0.15, 0.2) is 12.1 Å². The predicted octanol–water partition coefficient (Wildman–Crippen LogP) is 4.24. The Morgan fingerprint density at radius 3 is 1.16 bits per heavy atom. The molecule has 0 aromatic heterocycles. The summed E-state index contributed by atoms with van der Waals surface area (Å²) in [5.41, 5.74) is -5.97. The number of hydrogen-bond donors (Lipinski definition) is 0. The van der Waals surface area contributed by atoms with Crippen molar-refractivity contribution in [2.75, 3.05) is 0 Å². The van der Waals surface area contributed by atoms with Crippen LogP contribution in [-0.4, -0.2) is 0 Å². The zero-order chi connectivity index (χ0) is 15.2. The molecule has 0 radical (unpaired) electrons. The van der Waals surface area contributed by atoms with Crippen molar-refractivity contribution < 1.29 is 39.5 Å². The Morgan fingerprint density at radius 2 is 0.947 bits per heavy atom. The summed E-state index contributed by atoms with van der Waals surface area (Å²) < 4.78 is 112. The molecule has 0 saturated carbocycles. The van der Waals surface area contributed by atoms with Gasteiger partial charge in [0.1, 0.15) is 0 Å². The van der Waals surface area contributed by atoms with Crippen LogP contribution >= 0.6 is 9.24 Å². The van der Waals surface area contributed by atoms with Crippen LogP contribution in [0.25, 0.3) is 0 Å². The van der Waals surface area contributed by atoms with Crippen LogP contribution in [0.3, 0.4) is 0 Å². The Balaban J connectivity index is 3.68. The van der Waals surface area contributed by atoms with Gasteiger partial charge >= 0.3 is 18.5 Å². The van der Waals surface area contributed by atoms with Gasteiger partial charge in [0.15, 0.2) is 0 Å². The van der Waals surface area contributed by atoms with Gasteiger partial charge in [0.2, 0.25) is 0 Å². The molecule has 0 aliphatic heterocycles. The topological polar surface area (TPSA) is 0 Å². The second-order valence-corrected chi connectivity index (χ2v) is 4.06. The highest BCUT2D eigenvalue weighted by molar-refractivity contribution is 7.27. The van der Waals surface area contributed by atoms with Crippen molar-refractivity contribution in [2.24, 2.45) is 0 Å². The zero-order valence-electron chi connectivity index (χ0n) is 8.63. The van der Waals surface area contributed by atoms with Gasteiger partial charge in [-0.25, -0.2) is 0 Å². The number of hydrogen-bond acceptors (Lipinski definition) is 0. The molecule has 0 aliphatic carbocycles. The quantitative estimate of drug-likeness (QED) is 0.496. The molecule has 19 heavy (non-hydrogen) atoms.